The number of carbonyl (C=O) groups is 1. The SMILES string of the molecule is O=C([C@@H](c1ccccc1)N1CCO[C@@H](c2ccc(Cl)cc2)C1)N1CCCC1. The first-order valence-corrected chi connectivity index (χ1v) is 10.0. The smallest absolute Gasteiger partial charge is 0.244 e. The summed E-state index contributed by atoms with van der Waals surface area (Å²) in [6.45, 7) is 3.80. The van der Waals surface area contributed by atoms with Gasteiger partial charge in [0.05, 0.1) is 12.7 Å². The van der Waals surface area contributed by atoms with Crippen molar-refractivity contribution < 1.29 is 9.53 Å². The molecule has 2 atom stereocenters. The lowest BCUT2D eigenvalue weighted by molar-refractivity contribution is -0.140. The van der Waals surface area contributed by atoms with Gasteiger partial charge in [0, 0.05) is 31.2 Å². The zero-order valence-electron chi connectivity index (χ0n) is 15.4. The second-order valence-corrected chi connectivity index (χ2v) is 7.69. The molecule has 5 heteroatoms. The molecule has 0 N–H and O–H groups in total. The van der Waals surface area contributed by atoms with Gasteiger partial charge in [-0.15, -0.1) is 0 Å². The number of morpholine rings is 1. The van der Waals surface area contributed by atoms with Gasteiger partial charge in [-0.05, 0) is 36.1 Å². The maximum atomic E-state index is 13.4. The lowest BCUT2D eigenvalue weighted by Gasteiger charge is -2.39. The summed E-state index contributed by atoms with van der Waals surface area (Å²) in [6, 6.07) is 17.7. The molecule has 2 aliphatic heterocycles. The lowest BCUT2D eigenvalue weighted by Crippen LogP contribution is -2.47. The molecule has 142 valence electrons. The van der Waals surface area contributed by atoms with Crippen molar-refractivity contribution in [2.45, 2.75) is 25.0 Å². The highest BCUT2D eigenvalue weighted by atomic mass is 35.5. The standard InChI is InChI=1S/C22H25ClN2O2/c23-19-10-8-17(9-11-19)20-16-25(14-15-27-20)21(18-6-2-1-3-7-18)22(26)24-12-4-5-13-24/h1-3,6-11,20-21H,4-5,12-16H2/t20-,21-/m1/s1. The molecule has 2 heterocycles. The van der Waals surface area contributed by atoms with Crippen LogP contribution in [0, 0.1) is 0 Å². The van der Waals surface area contributed by atoms with Crippen LogP contribution in [0.15, 0.2) is 54.6 Å². The van der Waals surface area contributed by atoms with Gasteiger partial charge in [0.15, 0.2) is 0 Å². The Morgan fingerprint density at radius 2 is 1.70 bits per heavy atom. The highest BCUT2D eigenvalue weighted by molar-refractivity contribution is 6.30. The maximum Gasteiger partial charge on any atom is 0.244 e. The van der Waals surface area contributed by atoms with Crippen molar-refractivity contribution >= 4 is 17.5 Å². The Morgan fingerprint density at radius 1 is 1.00 bits per heavy atom. The van der Waals surface area contributed by atoms with E-state index in [2.05, 4.69) is 17.0 Å². The third kappa shape index (κ3) is 4.18. The van der Waals surface area contributed by atoms with Crippen LogP contribution >= 0.6 is 11.6 Å². The Labute approximate surface area is 165 Å². The maximum absolute atomic E-state index is 13.4. The van der Waals surface area contributed by atoms with Crippen molar-refractivity contribution in [3.63, 3.8) is 0 Å². The van der Waals surface area contributed by atoms with Crippen molar-refractivity contribution in [3.8, 4) is 0 Å². The molecular weight excluding hydrogens is 360 g/mol. The number of ether oxygens (including phenoxy) is 1. The van der Waals surface area contributed by atoms with Gasteiger partial charge in [-0.1, -0.05) is 54.1 Å². The van der Waals surface area contributed by atoms with Gasteiger partial charge in [-0.2, -0.15) is 0 Å². The molecule has 0 radical (unpaired) electrons. The van der Waals surface area contributed by atoms with Crippen LogP contribution in [0.5, 0.6) is 0 Å². The highest BCUT2D eigenvalue weighted by Crippen LogP contribution is 2.31. The molecule has 0 saturated carbocycles. The van der Waals surface area contributed by atoms with E-state index >= 15 is 0 Å². The number of likely N-dealkylation sites (tertiary alicyclic amines) is 1. The van der Waals surface area contributed by atoms with Gasteiger partial charge in [0.25, 0.3) is 0 Å². The van der Waals surface area contributed by atoms with Gasteiger partial charge in [0.1, 0.15) is 6.04 Å². The van der Waals surface area contributed by atoms with Crippen LogP contribution in [0.25, 0.3) is 0 Å². The van der Waals surface area contributed by atoms with E-state index < -0.39 is 0 Å². The van der Waals surface area contributed by atoms with E-state index in [-0.39, 0.29) is 18.1 Å². The highest BCUT2D eigenvalue weighted by Gasteiger charge is 2.35. The van der Waals surface area contributed by atoms with Crippen molar-refractivity contribution in [2.24, 2.45) is 0 Å². The van der Waals surface area contributed by atoms with E-state index in [1.54, 1.807) is 0 Å². The van der Waals surface area contributed by atoms with Gasteiger partial charge < -0.3 is 9.64 Å². The molecule has 0 aliphatic carbocycles. The third-order valence-corrected chi connectivity index (χ3v) is 5.72. The Balaban J connectivity index is 1.59. The third-order valence-electron chi connectivity index (χ3n) is 5.47. The zero-order chi connectivity index (χ0) is 18.6. The molecule has 0 unspecified atom stereocenters. The van der Waals surface area contributed by atoms with Crippen LogP contribution in [0.3, 0.4) is 0 Å². The van der Waals surface area contributed by atoms with Crippen LogP contribution in [0.1, 0.15) is 36.1 Å². The first-order valence-electron chi connectivity index (χ1n) is 9.67. The topological polar surface area (TPSA) is 32.8 Å². The first kappa shape index (κ1) is 18.5. The molecule has 1 amide bonds. The summed E-state index contributed by atoms with van der Waals surface area (Å²) >= 11 is 6.02. The minimum Gasteiger partial charge on any atom is -0.371 e. The molecule has 0 aromatic heterocycles. The van der Waals surface area contributed by atoms with Crippen LogP contribution in [0.4, 0.5) is 0 Å². The van der Waals surface area contributed by atoms with Gasteiger partial charge in [-0.25, -0.2) is 0 Å². The fourth-order valence-corrected chi connectivity index (χ4v) is 4.16. The Morgan fingerprint density at radius 3 is 2.41 bits per heavy atom. The molecule has 0 bridgehead atoms. The van der Waals surface area contributed by atoms with E-state index in [9.17, 15) is 4.79 Å². The Kier molecular flexibility index (Phi) is 5.77. The first-order chi connectivity index (χ1) is 13.2. The van der Waals surface area contributed by atoms with E-state index in [0.29, 0.717) is 13.2 Å². The summed E-state index contributed by atoms with van der Waals surface area (Å²) in [6.07, 6.45) is 2.15. The van der Waals surface area contributed by atoms with Gasteiger partial charge >= 0.3 is 0 Å². The monoisotopic (exact) mass is 384 g/mol. The van der Waals surface area contributed by atoms with E-state index in [1.165, 1.54) is 0 Å². The molecule has 2 aromatic carbocycles. The molecule has 2 saturated heterocycles. The number of carbonyl (C=O) groups excluding carboxylic acids is 1. The van der Waals surface area contributed by atoms with Crippen molar-refractivity contribution in [2.75, 3.05) is 32.8 Å². The summed E-state index contributed by atoms with van der Waals surface area (Å²) in [5, 5.41) is 0.720. The number of amides is 1. The molecular formula is C22H25ClN2O2. The molecule has 4 rings (SSSR count). The normalized spacial score (nSPS) is 22.0. The molecule has 2 aromatic rings. The van der Waals surface area contributed by atoms with Gasteiger partial charge in [-0.3, -0.25) is 9.69 Å². The number of halogens is 1. The summed E-state index contributed by atoms with van der Waals surface area (Å²) in [7, 11) is 0. The predicted molar refractivity (Wildman–Crippen MR) is 107 cm³/mol. The zero-order valence-corrected chi connectivity index (χ0v) is 16.1. The van der Waals surface area contributed by atoms with Crippen molar-refractivity contribution in [3.05, 3.63) is 70.7 Å². The quantitative estimate of drug-likeness (QED) is 0.796. The molecule has 0 spiro atoms. The van der Waals surface area contributed by atoms with Crippen molar-refractivity contribution in [1.29, 1.82) is 0 Å². The minimum absolute atomic E-state index is 0.0476. The average molecular weight is 385 g/mol. The van der Waals surface area contributed by atoms with Crippen LogP contribution in [-0.2, 0) is 9.53 Å². The van der Waals surface area contributed by atoms with Gasteiger partial charge in [0.2, 0.25) is 5.91 Å². The van der Waals surface area contributed by atoms with Crippen LogP contribution < -0.4 is 0 Å². The summed E-state index contributed by atoms with van der Waals surface area (Å²) in [5.74, 6) is 0.218. The molecule has 27 heavy (non-hydrogen) atoms. The summed E-state index contributed by atoms with van der Waals surface area (Å²) < 4.78 is 6.02. The second-order valence-electron chi connectivity index (χ2n) is 7.25. The predicted octanol–water partition coefficient (Wildman–Crippen LogP) is 4.08. The second kappa shape index (κ2) is 8.42. The fourth-order valence-electron chi connectivity index (χ4n) is 4.04. The summed E-state index contributed by atoms with van der Waals surface area (Å²) in [4.78, 5) is 17.7. The number of rotatable bonds is 4. The van der Waals surface area contributed by atoms with Crippen molar-refractivity contribution in [1.82, 2.24) is 9.80 Å². The number of hydrogen-bond donors (Lipinski definition) is 0. The number of benzene rings is 2. The average Bonchev–Trinajstić information content (AvgIpc) is 3.25. The number of nitrogens with zero attached hydrogens (tertiary/aromatic N) is 2. The minimum atomic E-state index is -0.247. The number of hydrogen-bond acceptors (Lipinski definition) is 3. The van der Waals surface area contributed by atoms with E-state index in [4.69, 9.17) is 16.3 Å². The van der Waals surface area contributed by atoms with Crippen LogP contribution in [-0.4, -0.2) is 48.5 Å². The summed E-state index contributed by atoms with van der Waals surface area (Å²) in [5.41, 5.74) is 2.16. The Bertz CT molecular complexity index is 760. The lowest BCUT2D eigenvalue weighted by atomic mass is 10.0. The van der Waals surface area contributed by atoms with Crippen LogP contribution in [0.2, 0.25) is 5.02 Å². The molecule has 4 nitrogen and oxygen atoms in total. The van der Waals surface area contributed by atoms with E-state index in [0.717, 1.165) is 48.6 Å². The molecule has 2 fully saturated rings. The Hall–Kier alpha value is -1.88. The largest absolute Gasteiger partial charge is 0.371 e. The molecule has 2 aliphatic rings. The fraction of sp³-hybridized carbons (Fsp3) is 0.409. The van der Waals surface area contributed by atoms with E-state index in [1.807, 2.05) is 47.4 Å².